The van der Waals surface area contributed by atoms with E-state index in [1.807, 2.05) is 62.3 Å². The lowest BCUT2D eigenvalue weighted by Crippen LogP contribution is -2.36. The maximum absolute atomic E-state index is 14.0. The molecule has 0 fully saturated rings. The zero-order chi connectivity index (χ0) is 27.9. The highest BCUT2D eigenvalue weighted by Gasteiger charge is 2.26. The van der Waals surface area contributed by atoms with Crippen molar-refractivity contribution in [3.63, 3.8) is 0 Å². The van der Waals surface area contributed by atoms with Crippen LogP contribution in [0.15, 0.2) is 71.6 Å². The summed E-state index contributed by atoms with van der Waals surface area (Å²) < 4.78 is 31.7. The Labute approximate surface area is 231 Å². The summed E-state index contributed by atoms with van der Waals surface area (Å²) in [6, 6.07) is 21.3. The predicted octanol–water partition coefficient (Wildman–Crippen LogP) is 5.28. The van der Waals surface area contributed by atoms with Gasteiger partial charge in [0.2, 0.25) is 0 Å². The molecule has 0 N–H and O–H groups in total. The van der Waals surface area contributed by atoms with E-state index >= 15 is 0 Å². The van der Waals surface area contributed by atoms with Gasteiger partial charge in [0.15, 0.2) is 0 Å². The number of hydrogen-bond donors (Lipinski definition) is 0. The summed E-state index contributed by atoms with van der Waals surface area (Å²) in [5, 5.41) is 3.20. The van der Waals surface area contributed by atoms with E-state index in [2.05, 4.69) is 48.7 Å². The fourth-order valence-corrected chi connectivity index (χ4v) is 6.60. The van der Waals surface area contributed by atoms with E-state index in [9.17, 15) is 8.42 Å². The molecule has 0 saturated heterocycles. The molecule has 0 aliphatic heterocycles. The molecule has 0 atom stereocenters. The van der Waals surface area contributed by atoms with Gasteiger partial charge in [0, 0.05) is 42.3 Å². The number of para-hydroxylation sites is 1. The average Bonchev–Trinajstić information content (AvgIpc) is 3.20. The molecule has 0 spiro atoms. The first kappa shape index (κ1) is 27.1. The van der Waals surface area contributed by atoms with E-state index in [1.54, 1.807) is 16.4 Å². The van der Waals surface area contributed by atoms with Crippen molar-refractivity contribution in [2.75, 3.05) is 52.1 Å². The maximum Gasteiger partial charge on any atom is 0.264 e. The Morgan fingerprint density at radius 1 is 0.795 bits per heavy atom. The molecule has 0 unspecified atom stereocenters. The molecule has 0 saturated carbocycles. The van der Waals surface area contributed by atoms with Gasteiger partial charge in [0.25, 0.3) is 10.0 Å². The first-order valence-corrected chi connectivity index (χ1v) is 14.7. The first-order chi connectivity index (χ1) is 18.6. The first-order valence-electron chi connectivity index (χ1n) is 13.3. The van der Waals surface area contributed by atoms with Crippen molar-refractivity contribution >= 4 is 48.5 Å². The quantitative estimate of drug-likeness (QED) is 0.253. The Hall–Kier alpha value is -3.46. The van der Waals surface area contributed by atoms with Crippen molar-refractivity contribution < 1.29 is 8.42 Å². The van der Waals surface area contributed by atoms with Crippen LogP contribution < -0.4 is 4.31 Å². The number of nitrogens with zero attached hydrogens (tertiary/aromatic N) is 5. The highest BCUT2D eigenvalue weighted by Crippen LogP contribution is 2.37. The molecule has 0 radical (unpaired) electrons. The second-order valence-corrected chi connectivity index (χ2v) is 12.7. The molecular formula is C31H37N5O2S. The van der Waals surface area contributed by atoms with Crippen LogP contribution in [0.4, 0.5) is 5.69 Å². The van der Waals surface area contributed by atoms with Crippen LogP contribution in [0, 0.1) is 13.8 Å². The normalized spacial score (nSPS) is 12.4. The largest absolute Gasteiger partial charge is 0.324 e. The minimum Gasteiger partial charge on any atom is -0.324 e. The smallest absolute Gasteiger partial charge is 0.264 e. The molecule has 0 aliphatic rings. The Balaban J connectivity index is 1.75. The van der Waals surface area contributed by atoms with Gasteiger partial charge >= 0.3 is 0 Å². The third-order valence-electron chi connectivity index (χ3n) is 7.35. The van der Waals surface area contributed by atoms with Gasteiger partial charge in [-0.15, -0.1) is 0 Å². The zero-order valence-electron chi connectivity index (χ0n) is 23.6. The maximum atomic E-state index is 14.0. The van der Waals surface area contributed by atoms with Crippen molar-refractivity contribution in [2.45, 2.75) is 25.3 Å². The summed E-state index contributed by atoms with van der Waals surface area (Å²) in [6.45, 7) is 6.68. The average molecular weight is 544 g/mol. The molecule has 0 amide bonds. The molecule has 0 bridgehead atoms. The van der Waals surface area contributed by atoms with Crippen LogP contribution in [0.3, 0.4) is 0 Å². The van der Waals surface area contributed by atoms with Crippen molar-refractivity contribution in [3.05, 3.63) is 77.9 Å². The Kier molecular flexibility index (Phi) is 7.37. The summed E-state index contributed by atoms with van der Waals surface area (Å²) in [7, 11) is 4.28. The molecule has 204 valence electrons. The Morgan fingerprint density at radius 3 is 2.18 bits per heavy atom. The number of aryl methyl sites for hydroxylation is 2. The number of fused-ring (bicyclic) bond motifs is 4. The fraction of sp³-hybridized carbons (Fsp3) is 0.323. The predicted molar refractivity (Wildman–Crippen MR) is 162 cm³/mol. The van der Waals surface area contributed by atoms with Crippen molar-refractivity contribution in [2.24, 2.45) is 0 Å². The van der Waals surface area contributed by atoms with Gasteiger partial charge < -0.3 is 14.4 Å². The molecule has 39 heavy (non-hydrogen) atoms. The van der Waals surface area contributed by atoms with Gasteiger partial charge in [0.1, 0.15) is 5.65 Å². The number of aromatic nitrogens is 2. The number of anilines is 1. The second-order valence-electron chi connectivity index (χ2n) is 10.8. The molecular weight excluding hydrogens is 506 g/mol. The zero-order valence-corrected chi connectivity index (χ0v) is 24.5. The van der Waals surface area contributed by atoms with Gasteiger partial charge in [-0.2, -0.15) is 0 Å². The highest BCUT2D eigenvalue weighted by atomic mass is 32.2. The fourth-order valence-electron chi connectivity index (χ4n) is 5.15. The summed E-state index contributed by atoms with van der Waals surface area (Å²) in [6.07, 6.45) is 0. The minimum atomic E-state index is -3.77. The van der Waals surface area contributed by atoms with E-state index in [-0.39, 0.29) is 0 Å². The van der Waals surface area contributed by atoms with Gasteiger partial charge in [-0.25, -0.2) is 13.4 Å². The number of rotatable bonds is 9. The van der Waals surface area contributed by atoms with Crippen LogP contribution in [-0.4, -0.2) is 75.6 Å². The van der Waals surface area contributed by atoms with Crippen LogP contribution in [0.2, 0.25) is 0 Å². The molecule has 5 aromatic rings. The second kappa shape index (κ2) is 10.6. The summed E-state index contributed by atoms with van der Waals surface area (Å²) in [4.78, 5) is 9.56. The van der Waals surface area contributed by atoms with Crippen LogP contribution in [0.1, 0.15) is 11.1 Å². The lowest BCUT2D eigenvalue weighted by molar-refractivity contribution is 0.389. The van der Waals surface area contributed by atoms with Crippen LogP contribution >= 0.6 is 0 Å². The number of sulfonamides is 1. The van der Waals surface area contributed by atoms with Crippen molar-refractivity contribution in [3.8, 4) is 0 Å². The third-order valence-corrected chi connectivity index (χ3v) is 9.19. The lowest BCUT2D eigenvalue weighted by Gasteiger charge is -2.26. The molecule has 0 aliphatic carbocycles. The van der Waals surface area contributed by atoms with E-state index in [0.29, 0.717) is 23.7 Å². The minimum absolute atomic E-state index is 0.296. The monoisotopic (exact) mass is 543 g/mol. The molecule has 2 heterocycles. The molecule has 5 rings (SSSR count). The summed E-state index contributed by atoms with van der Waals surface area (Å²) in [5.74, 6) is 0. The topological polar surface area (TPSA) is 61.7 Å². The summed E-state index contributed by atoms with van der Waals surface area (Å²) >= 11 is 0. The lowest BCUT2D eigenvalue weighted by atomic mass is 10.0. The number of benzene rings is 3. The Morgan fingerprint density at radius 2 is 1.49 bits per heavy atom. The molecule has 2 aromatic heterocycles. The molecule has 7 nitrogen and oxygen atoms in total. The number of hydrogen-bond acceptors (Lipinski definition) is 5. The number of pyridine rings is 1. The van der Waals surface area contributed by atoms with E-state index < -0.39 is 10.0 Å². The van der Waals surface area contributed by atoms with Gasteiger partial charge in [0.05, 0.1) is 21.6 Å². The van der Waals surface area contributed by atoms with Gasteiger partial charge in [-0.05, 0) is 84.0 Å². The van der Waals surface area contributed by atoms with E-state index in [1.165, 1.54) is 0 Å². The summed E-state index contributed by atoms with van der Waals surface area (Å²) in [5.41, 5.74) is 5.79. The SMILES string of the molecule is Cc1ccc(S(=O)(=O)N(CCN(C)C)c2ccc3c(c2)c2c(C)c4ccccc4nc2n3CCN(C)C)cc1. The third kappa shape index (κ3) is 5.12. The number of likely N-dealkylation sites (N-methyl/N-ethyl adjacent to an activating group) is 2. The molecule has 8 heteroatoms. The highest BCUT2D eigenvalue weighted by molar-refractivity contribution is 7.92. The van der Waals surface area contributed by atoms with Crippen LogP contribution in [0.5, 0.6) is 0 Å². The van der Waals surface area contributed by atoms with Gasteiger partial charge in [-0.1, -0.05) is 35.9 Å². The van der Waals surface area contributed by atoms with Crippen molar-refractivity contribution in [1.29, 1.82) is 0 Å². The van der Waals surface area contributed by atoms with E-state index in [4.69, 9.17) is 4.98 Å². The van der Waals surface area contributed by atoms with Gasteiger partial charge in [-0.3, -0.25) is 4.31 Å². The van der Waals surface area contributed by atoms with Crippen LogP contribution in [-0.2, 0) is 16.6 Å². The van der Waals surface area contributed by atoms with Crippen molar-refractivity contribution in [1.82, 2.24) is 19.4 Å². The Bertz CT molecular complexity index is 1760. The van der Waals surface area contributed by atoms with Crippen LogP contribution in [0.25, 0.3) is 32.8 Å². The standard InChI is InChI=1S/C31H37N5O2S/c1-22-11-14-25(15-12-22)39(37,38)36(20-18-34(5)6)24-13-16-29-27(21-24)30-23(2)26-9-7-8-10-28(26)32-31(30)35(29)19-17-33(3)4/h7-16,21H,17-20H2,1-6H3. The molecule has 3 aromatic carbocycles. The van der Waals surface area contributed by atoms with E-state index in [0.717, 1.165) is 57.1 Å².